The number of benzene rings is 1. The van der Waals surface area contributed by atoms with Crippen molar-refractivity contribution in [1.29, 1.82) is 0 Å². The first-order valence-electron chi connectivity index (χ1n) is 10.7. The van der Waals surface area contributed by atoms with Crippen molar-refractivity contribution in [2.75, 3.05) is 39.4 Å². The zero-order valence-corrected chi connectivity index (χ0v) is 17.9. The molecule has 1 aromatic carbocycles. The second-order valence-electron chi connectivity index (χ2n) is 8.23. The van der Waals surface area contributed by atoms with E-state index in [1.165, 1.54) is 20.9 Å². The number of carbonyl (C=O) groups is 1. The Kier molecular flexibility index (Phi) is 7.86. The van der Waals surface area contributed by atoms with Gasteiger partial charge in [-0.1, -0.05) is 24.3 Å². The number of ether oxygens (including phenoxy) is 1. The Morgan fingerprint density at radius 1 is 1.14 bits per heavy atom. The van der Waals surface area contributed by atoms with Crippen LogP contribution in [0.4, 0.5) is 0 Å². The Labute approximate surface area is 173 Å². The van der Waals surface area contributed by atoms with Crippen LogP contribution in [0, 0.1) is 6.92 Å². The lowest BCUT2D eigenvalue weighted by atomic mass is 10.1. The molecule has 1 atom stereocenters. The van der Waals surface area contributed by atoms with Gasteiger partial charge < -0.3 is 24.3 Å². The Bertz CT molecular complexity index is 781. The molecule has 0 radical (unpaired) electrons. The topological polar surface area (TPSA) is 60.3 Å². The molecular weight excluding hydrogens is 366 g/mol. The summed E-state index contributed by atoms with van der Waals surface area (Å²) in [6.07, 6.45) is 0. The first-order chi connectivity index (χ1) is 14.0. The molecule has 2 heterocycles. The molecule has 3 rings (SSSR count). The number of furan rings is 1. The van der Waals surface area contributed by atoms with Crippen molar-refractivity contribution >= 4 is 5.91 Å². The molecule has 1 saturated heterocycles. The molecule has 1 fully saturated rings. The van der Waals surface area contributed by atoms with Gasteiger partial charge in [-0.2, -0.15) is 0 Å². The van der Waals surface area contributed by atoms with Crippen LogP contribution in [0.3, 0.4) is 0 Å². The average Bonchev–Trinajstić information content (AvgIpc) is 3.18. The number of quaternary nitrogens is 2. The summed E-state index contributed by atoms with van der Waals surface area (Å²) in [5.74, 6) is 1.12. The van der Waals surface area contributed by atoms with E-state index >= 15 is 0 Å². The van der Waals surface area contributed by atoms with Crippen LogP contribution in [0.15, 0.2) is 40.8 Å². The van der Waals surface area contributed by atoms with Gasteiger partial charge in [-0.15, -0.1) is 0 Å². The minimum Gasteiger partial charge on any atom is -0.450 e. The number of nitrogens with one attached hydrogen (secondary N) is 3. The van der Waals surface area contributed by atoms with Crippen LogP contribution in [0.2, 0.25) is 0 Å². The minimum atomic E-state index is -0.131. The summed E-state index contributed by atoms with van der Waals surface area (Å²) >= 11 is 0. The number of amides is 1. The van der Waals surface area contributed by atoms with Crippen LogP contribution in [0.1, 0.15) is 41.3 Å². The summed E-state index contributed by atoms with van der Waals surface area (Å²) in [4.78, 5) is 15.3. The highest BCUT2D eigenvalue weighted by atomic mass is 16.5. The minimum absolute atomic E-state index is 0.131. The van der Waals surface area contributed by atoms with Gasteiger partial charge in [0, 0.05) is 5.56 Å². The fraction of sp³-hybridized carbons (Fsp3) is 0.522. The van der Waals surface area contributed by atoms with Crippen molar-refractivity contribution in [3.05, 3.63) is 59.0 Å². The smallest absolute Gasteiger partial charge is 0.287 e. The van der Waals surface area contributed by atoms with Crippen LogP contribution >= 0.6 is 0 Å². The number of rotatable bonds is 9. The van der Waals surface area contributed by atoms with E-state index in [4.69, 9.17) is 9.15 Å². The molecule has 1 aliphatic rings. The first kappa shape index (κ1) is 21.6. The van der Waals surface area contributed by atoms with Crippen molar-refractivity contribution in [3.63, 3.8) is 0 Å². The third-order valence-electron chi connectivity index (χ3n) is 5.75. The second-order valence-corrected chi connectivity index (χ2v) is 8.23. The largest absolute Gasteiger partial charge is 0.450 e. The molecular formula is C23H35N3O3+2. The number of hydrogen-bond acceptors (Lipinski definition) is 3. The van der Waals surface area contributed by atoms with E-state index in [0.717, 1.165) is 51.7 Å². The third-order valence-corrected chi connectivity index (χ3v) is 5.75. The van der Waals surface area contributed by atoms with E-state index in [0.29, 0.717) is 18.3 Å². The predicted octanol–water partition coefficient (Wildman–Crippen LogP) is 0.226. The molecule has 6 nitrogen and oxygen atoms in total. The summed E-state index contributed by atoms with van der Waals surface area (Å²) in [7, 11) is 0. The number of hydrogen-bond donors (Lipinski definition) is 3. The van der Waals surface area contributed by atoms with Gasteiger partial charge in [0.1, 0.15) is 26.2 Å². The lowest BCUT2D eigenvalue weighted by Gasteiger charge is -2.23. The highest BCUT2D eigenvalue weighted by Gasteiger charge is 2.20. The summed E-state index contributed by atoms with van der Waals surface area (Å²) in [5, 5.41) is 2.98. The normalized spacial score (nSPS) is 16.1. The molecule has 1 amide bonds. The molecule has 2 aromatic rings. The Balaban J connectivity index is 1.52. The fourth-order valence-electron chi connectivity index (χ4n) is 3.69. The van der Waals surface area contributed by atoms with Gasteiger partial charge in [-0.05, 0) is 38.5 Å². The van der Waals surface area contributed by atoms with Crippen LogP contribution in [0.5, 0.6) is 0 Å². The third kappa shape index (κ3) is 6.42. The highest BCUT2D eigenvalue weighted by Crippen LogP contribution is 2.08. The van der Waals surface area contributed by atoms with Crippen LogP contribution in [-0.4, -0.2) is 51.3 Å². The van der Waals surface area contributed by atoms with Gasteiger partial charge in [0.15, 0.2) is 11.5 Å². The van der Waals surface area contributed by atoms with Crippen molar-refractivity contribution in [2.24, 2.45) is 0 Å². The van der Waals surface area contributed by atoms with Gasteiger partial charge in [-0.25, -0.2) is 0 Å². The van der Waals surface area contributed by atoms with Crippen LogP contribution in [0.25, 0.3) is 0 Å². The van der Waals surface area contributed by atoms with Gasteiger partial charge in [0.25, 0.3) is 5.91 Å². The van der Waals surface area contributed by atoms with Gasteiger partial charge in [0.05, 0.1) is 32.3 Å². The molecule has 0 aliphatic carbocycles. The van der Waals surface area contributed by atoms with Crippen molar-refractivity contribution in [3.8, 4) is 0 Å². The molecule has 158 valence electrons. The molecule has 0 spiro atoms. The molecule has 1 aromatic heterocycles. The molecule has 0 bridgehead atoms. The Morgan fingerprint density at radius 3 is 2.62 bits per heavy atom. The van der Waals surface area contributed by atoms with Crippen molar-refractivity contribution in [2.45, 2.75) is 39.9 Å². The number of aryl methyl sites for hydroxylation is 1. The quantitative estimate of drug-likeness (QED) is 0.564. The lowest BCUT2D eigenvalue weighted by molar-refractivity contribution is -0.949. The molecule has 1 unspecified atom stereocenters. The molecule has 3 N–H and O–H groups in total. The van der Waals surface area contributed by atoms with E-state index in [-0.39, 0.29) is 5.91 Å². The Morgan fingerprint density at radius 2 is 1.90 bits per heavy atom. The van der Waals surface area contributed by atoms with E-state index in [1.54, 1.807) is 6.07 Å². The summed E-state index contributed by atoms with van der Waals surface area (Å²) in [6, 6.07) is 12.7. The average molecular weight is 402 g/mol. The Hall–Kier alpha value is -2.15. The van der Waals surface area contributed by atoms with E-state index in [9.17, 15) is 4.79 Å². The fourth-order valence-corrected chi connectivity index (χ4v) is 3.69. The van der Waals surface area contributed by atoms with E-state index in [1.807, 2.05) is 6.07 Å². The predicted molar refractivity (Wildman–Crippen MR) is 112 cm³/mol. The lowest BCUT2D eigenvalue weighted by Crippen LogP contribution is -3.14. The first-order valence-corrected chi connectivity index (χ1v) is 10.7. The van der Waals surface area contributed by atoms with Crippen LogP contribution in [-0.2, 0) is 17.8 Å². The van der Waals surface area contributed by atoms with Crippen LogP contribution < -0.4 is 15.1 Å². The molecule has 6 heteroatoms. The highest BCUT2D eigenvalue weighted by molar-refractivity contribution is 5.91. The van der Waals surface area contributed by atoms with E-state index < -0.39 is 0 Å². The molecule has 0 saturated carbocycles. The van der Waals surface area contributed by atoms with E-state index in [2.05, 4.69) is 50.4 Å². The zero-order valence-electron chi connectivity index (χ0n) is 17.9. The van der Waals surface area contributed by atoms with Gasteiger partial charge in [0.2, 0.25) is 0 Å². The maximum atomic E-state index is 12.4. The van der Waals surface area contributed by atoms with Gasteiger partial charge in [-0.3, -0.25) is 4.79 Å². The second kappa shape index (κ2) is 10.6. The number of morpholine rings is 1. The van der Waals surface area contributed by atoms with Crippen molar-refractivity contribution in [1.82, 2.24) is 5.32 Å². The monoisotopic (exact) mass is 401 g/mol. The summed E-state index contributed by atoms with van der Waals surface area (Å²) in [5.41, 5.74) is 2.67. The zero-order chi connectivity index (χ0) is 20.6. The standard InChI is InChI=1S/C23H33N3O3/c1-18(2)26(16-20-7-5-4-6-19(20)3)17-21-8-9-22(29-21)23(27)24-10-11-25-12-14-28-15-13-25/h4-9,18H,10-17H2,1-3H3,(H,24,27)/p+2. The molecule has 1 aliphatic heterocycles. The summed E-state index contributed by atoms with van der Waals surface area (Å²) in [6.45, 7) is 13.5. The SMILES string of the molecule is Cc1ccccc1C[NH+](Cc1ccc(C(=O)NCC[NH+]2CCOCC2)o1)C(C)C. The molecule has 29 heavy (non-hydrogen) atoms. The van der Waals surface area contributed by atoms with Crippen molar-refractivity contribution < 1.29 is 23.7 Å². The number of carbonyl (C=O) groups excluding carboxylic acids is 1. The van der Waals surface area contributed by atoms with Gasteiger partial charge >= 0.3 is 0 Å². The maximum absolute atomic E-state index is 12.4. The maximum Gasteiger partial charge on any atom is 0.287 e. The summed E-state index contributed by atoms with van der Waals surface area (Å²) < 4.78 is 11.2.